The van der Waals surface area contributed by atoms with Crippen LogP contribution >= 0.6 is 0 Å². The molecule has 1 saturated carbocycles. The molecule has 130 valence electrons. The Hall–Kier alpha value is -1.02. The highest BCUT2D eigenvalue weighted by atomic mass is 16.5. The molecule has 0 amide bonds. The van der Waals surface area contributed by atoms with Gasteiger partial charge in [0.15, 0.2) is 0 Å². The first-order valence-electron chi connectivity index (χ1n) is 9.67. The van der Waals surface area contributed by atoms with E-state index in [9.17, 15) is 5.11 Å². The molecule has 23 heavy (non-hydrogen) atoms. The van der Waals surface area contributed by atoms with Crippen molar-refractivity contribution < 1.29 is 9.84 Å². The zero-order chi connectivity index (χ0) is 16.5. The highest BCUT2D eigenvalue weighted by molar-refractivity contribution is 5.30. The number of hydrogen-bond donors (Lipinski definition) is 1. The minimum atomic E-state index is -0.165. The van der Waals surface area contributed by atoms with Gasteiger partial charge in [0.2, 0.25) is 0 Å². The molecule has 0 bridgehead atoms. The maximum Gasteiger partial charge on any atom is 0.115 e. The zero-order valence-corrected chi connectivity index (χ0v) is 15.0. The van der Waals surface area contributed by atoms with Gasteiger partial charge in [0.05, 0.1) is 11.7 Å². The summed E-state index contributed by atoms with van der Waals surface area (Å²) in [5, 5.41) is 9.66. The Kier molecular flexibility index (Phi) is 7.42. The van der Waals surface area contributed by atoms with Gasteiger partial charge in [-0.3, -0.25) is 0 Å². The zero-order valence-electron chi connectivity index (χ0n) is 15.0. The number of benzene rings is 1. The molecule has 0 unspecified atom stereocenters. The predicted octanol–water partition coefficient (Wildman–Crippen LogP) is 6.32. The molecule has 0 aliphatic heterocycles. The molecule has 1 fully saturated rings. The van der Waals surface area contributed by atoms with E-state index in [0.717, 1.165) is 12.8 Å². The van der Waals surface area contributed by atoms with Crippen molar-refractivity contribution in [2.45, 2.75) is 96.2 Å². The highest BCUT2D eigenvalue weighted by Crippen LogP contribution is 2.40. The van der Waals surface area contributed by atoms with Crippen molar-refractivity contribution in [3.63, 3.8) is 0 Å². The van der Waals surface area contributed by atoms with Crippen molar-refractivity contribution in [1.82, 2.24) is 0 Å². The summed E-state index contributed by atoms with van der Waals surface area (Å²) in [6, 6.07) is 7.77. The Morgan fingerprint density at radius 2 is 1.52 bits per heavy atom. The first-order chi connectivity index (χ1) is 11.2. The molecule has 1 aromatic carbocycles. The SMILES string of the molecule is CCCCC(CCCC)(OC1CCCCC1)c1ccc(O)cc1. The molecule has 0 heterocycles. The van der Waals surface area contributed by atoms with Gasteiger partial charge in [-0.25, -0.2) is 0 Å². The van der Waals surface area contributed by atoms with Gasteiger partial charge in [0, 0.05) is 0 Å². The van der Waals surface area contributed by atoms with Gasteiger partial charge in [-0.1, -0.05) is 70.9 Å². The fourth-order valence-corrected chi connectivity index (χ4v) is 3.79. The topological polar surface area (TPSA) is 29.5 Å². The summed E-state index contributed by atoms with van der Waals surface area (Å²) in [5.74, 6) is 0.339. The molecule has 1 N–H and O–H groups in total. The Bertz CT molecular complexity index is 424. The third-order valence-electron chi connectivity index (χ3n) is 5.21. The maximum atomic E-state index is 9.66. The third kappa shape index (κ3) is 5.24. The van der Waals surface area contributed by atoms with Gasteiger partial charge in [0.1, 0.15) is 5.75 Å². The normalized spacial score (nSPS) is 16.6. The van der Waals surface area contributed by atoms with Crippen molar-refractivity contribution in [2.24, 2.45) is 0 Å². The lowest BCUT2D eigenvalue weighted by Gasteiger charge is -2.39. The molecule has 0 radical (unpaired) electrons. The highest BCUT2D eigenvalue weighted by Gasteiger charge is 2.35. The molecular formula is C21H34O2. The van der Waals surface area contributed by atoms with Crippen molar-refractivity contribution in [3.05, 3.63) is 29.8 Å². The summed E-state index contributed by atoms with van der Waals surface area (Å²) in [4.78, 5) is 0. The van der Waals surface area contributed by atoms with Crippen LogP contribution in [-0.4, -0.2) is 11.2 Å². The van der Waals surface area contributed by atoms with Crippen molar-refractivity contribution in [1.29, 1.82) is 0 Å². The van der Waals surface area contributed by atoms with Crippen LogP contribution in [-0.2, 0) is 10.3 Å². The summed E-state index contributed by atoms with van der Waals surface area (Å²) < 4.78 is 6.83. The van der Waals surface area contributed by atoms with Crippen LogP contribution in [0.2, 0.25) is 0 Å². The fourth-order valence-electron chi connectivity index (χ4n) is 3.79. The lowest BCUT2D eigenvalue weighted by molar-refractivity contribution is -0.122. The average Bonchev–Trinajstić information content (AvgIpc) is 2.59. The monoisotopic (exact) mass is 318 g/mol. The van der Waals surface area contributed by atoms with Crippen LogP contribution in [0.15, 0.2) is 24.3 Å². The van der Waals surface area contributed by atoms with Crippen molar-refractivity contribution in [3.8, 4) is 5.75 Å². The van der Waals surface area contributed by atoms with Crippen molar-refractivity contribution in [2.75, 3.05) is 0 Å². The van der Waals surface area contributed by atoms with Crippen LogP contribution in [0.5, 0.6) is 5.75 Å². The number of hydrogen-bond acceptors (Lipinski definition) is 2. The summed E-state index contributed by atoms with van der Waals surface area (Å²) in [7, 11) is 0. The molecular weight excluding hydrogens is 284 g/mol. The van der Waals surface area contributed by atoms with Crippen LogP contribution in [0.25, 0.3) is 0 Å². The van der Waals surface area contributed by atoms with E-state index in [0.29, 0.717) is 11.9 Å². The first-order valence-corrected chi connectivity index (χ1v) is 9.67. The Morgan fingerprint density at radius 3 is 2.04 bits per heavy atom. The van der Waals surface area contributed by atoms with E-state index in [1.807, 2.05) is 12.1 Å². The van der Waals surface area contributed by atoms with Gasteiger partial charge in [-0.15, -0.1) is 0 Å². The largest absolute Gasteiger partial charge is 0.508 e. The first kappa shape index (κ1) is 18.3. The van der Waals surface area contributed by atoms with Gasteiger partial charge in [0.25, 0.3) is 0 Å². The summed E-state index contributed by atoms with van der Waals surface area (Å²) in [5.41, 5.74) is 1.09. The maximum absolute atomic E-state index is 9.66. The van der Waals surface area contributed by atoms with Crippen LogP contribution in [0.3, 0.4) is 0 Å². The Morgan fingerprint density at radius 1 is 0.957 bits per heavy atom. The van der Waals surface area contributed by atoms with Crippen LogP contribution in [0.1, 0.15) is 90.0 Å². The molecule has 2 rings (SSSR count). The molecule has 1 aromatic rings. The number of rotatable bonds is 9. The van der Waals surface area contributed by atoms with E-state index in [1.54, 1.807) is 0 Å². The minimum absolute atomic E-state index is 0.165. The smallest absolute Gasteiger partial charge is 0.115 e. The second-order valence-electron chi connectivity index (χ2n) is 7.13. The lowest BCUT2D eigenvalue weighted by Crippen LogP contribution is -2.35. The number of phenols is 1. The summed E-state index contributed by atoms with van der Waals surface area (Å²) >= 11 is 0. The average molecular weight is 319 g/mol. The van der Waals surface area contributed by atoms with E-state index < -0.39 is 0 Å². The van der Waals surface area contributed by atoms with Gasteiger partial charge < -0.3 is 9.84 Å². The van der Waals surface area contributed by atoms with Crippen LogP contribution < -0.4 is 0 Å². The molecule has 0 spiro atoms. The minimum Gasteiger partial charge on any atom is -0.508 e. The molecule has 0 saturated heterocycles. The van der Waals surface area contributed by atoms with Crippen LogP contribution in [0.4, 0.5) is 0 Å². The number of phenolic OH excluding ortho intramolecular Hbond substituents is 1. The fraction of sp³-hybridized carbons (Fsp3) is 0.714. The predicted molar refractivity (Wildman–Crippen MR) is 96.8 cm³/mol. The van der Waals surface area contributed by atoms with E-state index in [1.165, 1.54) is 63.4 Å². The van der Waals surface area contributed by atoms with Crippen molar-refractivity contribution >= 4 is 0 Å². The molecule has 1 aliphatic carbocycles. The quantitative estimate of drug-likeness (QED) is 0.577. The molecule has 1 aliphatic rings. The van der Waals surface area contributed by atoms with Gasteiger partial charge >= 0.3 is 0 Å². The summed E-state index contributed by atoms with van der Waals surface area (Å²) in [6.45, 7) is 4.50. The van der Waals surface area contributed by atoms with E-state index >= 15 is 0 Å². The molecule has 0 aromatic heterocycles. The van der Waals surface area contributed by atoms with Crippen LogP contribution in [0, 0.1) is 0 Å². The van der Waals surface area contributed by atoms with Gasteiger partial charge in [-0.05, 0) is 43.4 Å². The molecule has 2 heteroatoms. The molecule has 2 nitrogen and oxygen atoms in total. The number of ether oxygens (including phenoxy) is 1. The third-order valence-corrected chi connectivity index (χ3v) is 5.21. The van der Waals surface area contributed by atoms with Gasteiger partial charge in [-0.2, -0.15) is 0 Å². The Labute approximate surface area is 142 Å². The van der Waals surface area contributed by atoms with E-state index in [2.05, 4.69) is 26.0 Å². The Balaban J connectivity index is 2.25. The standard InChI is InChI=1S/C21H34O2/c1-3-5-16-21(17-6-4-2,18-12-14-19(22)15-13-18)23-20-10-8-7-9-11-20/h12-15,20,22H,3-11,16-17H2,1-2H3. The second kappa shape index (κ2) is 9.32. The molecule has 0 atom stereocenters. The van der Waals surface area contributed by atoms with E-state index in [4.69, 9.17) is 4.74 Å². The number of aromatic hydroxyl groups is 1. The number of unbranched alkanes of at least 4 members (excludes halogenated alkanes) is 2. The summed E-state index contributed by atoms with van der Waals surface area (Å²) in [6.07, 6.45) is 13.7. The lowest BCUT2D eigenvalue weighted by atomic mass is 9.83. The van der Waals surface area contributed by atoms with E-state index in [-0.39, 0.29) is 5.60 Å². The second-order valence-corrected chi connectivity index (χ2v) is 7.13.